The first-order valence-electron chi connectivity index (χ1n) is 9.93. The predicted octanol–water partition coefficient (Wildman–Crippen LogP) is 3.59. The van der Waals surface area contributed by atoms with Crippen LogP contribution >= 0.6 is 0 Å². The Bertz CT molecular complexity index is 594. The second-order valence-corrected chi connectivity index (χ2v) is 7.13. The van der Waals surface area contributed by atoms with Gasteiger partial charge in [0.2, 0.25) is 5.75 Å². The van der Waals surface area contributed by atoms with Gasteiger partial charge in [0.15, 0.2) is 17.5 Å². The summed E-state index contributed by atoms with van der Waals surface area (Å²) in [5, 5.41) is 6.86. The van der Waals surface area contributed by atoms with Gasteiger partial charge in [-0.15, -0.1) is 0 Å². The van der Waals surface area contributed by atoms with Crippen molar-refractivity contribution in [3.63, 3.8) is 0 Å². The maximum absolute atomic E-state index is 5.43. The normalized spacial score (nSPS) is 20.1. The van der Waals surface area contributed by atoms with Crippen molar-refractivity contribution in [2.45, 2.75) is 46.1 Å². The standard InChI is InChI=1S/C21H35N3O3/c1-6-22-21(24-14-17-10-8-7-9-15(17)2)23-13-16-11-18(25-3)20(27-5)19(12-16)26-4/h11-12,15,17H,6-10,13-14H2,1-5H3,(H2,22,23,24). The van der Waals surface area contributed by atoms with Crippen molar-refractivity contribution in [1.29, 1.82) is 0 Å². The number of ether oxygens (including phenoxy) is 3. The van der Waals surface area contributed by atoms with Gasteiger partial charge < -0.3 is 24.8 Å². The molecule has 0 radical (unpaired) electrons. The number of nitrogens with one attached hydrogen (secondary N) is 2. The summed E-state index contributed by atoms with van der Waals surface area (Å²) in [6.07, 6.45) is 5.36. The monoisotopic (exact) mass is 377 g/mol. The van der Waals surface area contributed by atoms with Gasteiger partial charge in [-0.3, -0.25) is 0 Å². The zero-order chi connectivity index (χ0) is 19.6. The van der Waals surface area contributed by atoms with E-state index in [9.17, 15) is 0 Å². The summed E-state index contributed by atoms with van der Waals surface area (Å²) >= 11 is 0. The smallest absolute Gasteiger partial charge is 0.203 e. The molecule has 0 amide bonds. The molecule has 1 fully saturated rings. The molecular weight excluding hydrogens is 342 g/mol. The van der Waals surface area contributed by atoms with E-state index in [4.69, 9.17) is 19.2 Å². The Kier molecular flexibility index (Phi) is 8.55. The number of aliphatic imine (C=N–C) groups is 1. The minimum absolute atomic E-state index is 0.534. The van der Waals surface area contributed by atoms with E-state index in [2.05, 4.69) is 24.5 Å². The minimum Gasteiger partial charge on any atom is -0.493 e. The number of benzene rings is 1. The summed E-state index contributed by atoms with van der Waals surface area (Å²) in [6.45, 7) is 6.79. The van der Waals surface area contributed by atoms with E-state index in [1.807, 2.05) is 12.1 Å². The third-order valence-corrected chi connectivity index (χ3v) is 5.31. The van der Waals surface area contributed by atoms with Gasteiger partial charge in [0.1, 0.15) is 0 Å². The van der Waals surface area contributed by atoms with Crippen LogP contribution < -0.4 is 24.8 Å². The Morgan fingerprint density at radius 1 is 1.04 bits per heavy atom. The van der Waals surface area contributed by atoms with Crippen molar-refractivity contribution in [2.75, 3.05) is 34.4 Å². The highest BCUT2D eigenvalue weighted by Gasteiger charge is 2.21. The molecule has 152 valence electrons. The molecule has 1 aliphatic carbocycles. The van der Waals surface area contributed by atoms with Gasteiger partial charge in [-0.05, 0) is 42.9 Å². The number of rotatable bonds is 8. The molecule has 2 N–H and O–H groups in total. The topological polar surface area (TPSA) is 64.1 Å². The second kappa shape index (κ2) is 10.9. The predicted molar refractivity (Wildman–Crippen MR) is 110 cm³/mol. The molecule has 1 aromatic carbocycles. The van der Waals surface area contributed by atoms with Crippen molar-refractivity contribution in [1.82, 2.24) is 10.6 Å². The molecule has 2 rings (SSSR count). The highest BCUT2D eigenvalue weighted by Crippen LogP contribution is 2.38. The molecule has 0 bridgehead atoms. The SMILES string of the molecule is CCNC(=NCc1cc(OC)c(OC)c(OC)c1)NCC1CCCCC1C. The molecule has 0 aliphatic heterocycles. The van der Waals surface area contributed by atoms with Crippen LogP contribution in [0.4, 0.5) is 0 Å². The van der Waals surface area contributed by atoms with Crippen LogP contribution in [0.15, 0.2) is 17.1 Å². The van der Waals surface area contributed by atoms with E-state index in [1.54, 1.807) is 21.3 Å². The lowest BCUT2D eigenvalue weighted by molar-refractivity contribution is 0.256. The molecule has 6 nitrogen and oxygen atoms in total. The molecule has 6 heteroatoms. The van der Waals surface area contributed by atoms with Crippen LogP contribution in [0.2, 0.25) is 0 Å². The molecule has 0 heterocycles. The van der Waals surface area contributed by atoms with Crippen molar-refractivity contribution in [3.8, 4) is 17.2 Å². The van der Waals surface area contributed by atoms with Crippen LogP contribution in [0.3, 0.4) is 0 Å². The summed E-state index contributed by atoms with van der Waals surface area (Å²) in [6, 6.07) is 3.88. The van der Waals surface area contributed by atoms with Crippen molar-refractivity contribution in [2.24, 2.45) is 16.8 Å². The Morgan fingerprint density at radius 2 is 1.70 bits per heavy atom. The molecule has 1 aromatic rings. The van der Waals surface area contributed by atoms with Gasteiger partial charge in [0.05, 0.1) is 27.9 Å². The Labute approximate surface area is 163 Å². The van der Waals surface area contributed by atoms with Gasteiger partial charge in [-0.1, -0.05) is 26.2 Å². The average Bonchev–Trinajstić information content (AvgIpc) is 2.70. The van der Waals surface area contributed by atoms with Gasteiger partial charge in [0, 0.05) is 13.1 Å². The Hall–Kier alpha value is -2.11. The van der Waals surface area contributed by atoms with Crippen LogP contribution in [0.25, 0.3) is 0 Å². The fourth-order valence-electron chi connectivity index (χ4n) is 3.66. The fraction of sp³-hybridized carbons (Fsp3) is 0.667. The molecule has 0 spiro atoms. The third kappa shape index (κ3) is 5.94. The van der Waals surface area contributed by atoms with Crippen LogP contribution in [-0.2, 0) is 6.54 Å². The van der Waals surface area contributed by atoms with Crippen LogP contribution in [0.5, 0.6) is 17.2 Å². The first kappa shape index (κ1) is 21.2. The minimum atomic E-state index is 0.534. The third-order valence-electron chi connectivity index (χ3n) is 5.31. The van der Waals surface area contributed by atoms with E-state index >= 15 is 0 Å². The molecule has 0 aromatic heterocycles. The molecule has 1 saturated carbocycles. The zero-order valence-corrected chi connectivity index (χ0v) is 17.4. The zero-order valence-electron chi connectivity index (χ0n) is 17.4. The lowest BCUT2D eigenvalue weighted by Crippen LogP contribution is -2.41. The van der Waals surface area contributed by atoms with Crippen molar-refractivity contribution >= 4 is 5.96 Å². The largest absolute Gasteiger partial charge is 0.493 e. The molecular formula is C21H35N3O3. The lowest BCUT2D eigenvalue weighted by Gasteiger charge is -2.29. The van der Waals surface area contributed by atoms with E-state index in [0.717, 1.165) is 36.4 Å². The first-order chi connectivity index (χ1) is 13.1. The summed E-state index contributed by atoms with van der Waals surface area (Å²) in [5.41, 5.74) is 1.01. The number of nitrogens with zero attached hydrogens (tertiary/aromatic N) is 1. The summed E-state index contributed by atoms with van der Waals surface area (Å²) in [5.74, 6) is 4.26. The summed E-state index contributed by atoms with van der Waals surface area (Å²) in [4.78, 5) is 4.74. The van der Waals surface area contributed by atoms with E-state index < -0.39 is 0 Å². The summed E-state index contributed by atoms with van der Waals surface area (Å²) in [7, 11) is 4.86. The molecule has 27 heavy (non-hydrogen) atoms. The van der Waals surface area contributed by atoms with Gasteiger partial charge >= 0.3 is 0 Å². The number of methoxy groups -OCH3 is 3. The molecule has 0 saturated heterocycles. The molecule has 2 unspecified atom stereocenters. The van der Waals surface area contributed by atoms with Crippen LogP contribution in [0.1, 0.15) is 45.1 Å². The Morgan fingerprint density at radius 3 is 2.26 bits per heavy atom. The van der Waals surface area contributed by atoms with Crippen LogP contribution in [0, 0.1) is 11.8 Å². The average molecular weight is 378 g/mol. The highest BCUT2D eigenvalue weighted by atomic mass is 16.5. The van der Waals surface area contributed by atoms with Gasteiger partial charge in [-0.25, -0.2) is 4.99 Å². The molecule has 1 aliphatic rings. The molecule has 2 atom stereocenters. The maximum Gasteiger partial charge on any atom is 0.203 e. The van der Waals surface area contributed by atoms with Gasteiger partial charge in [0.25, 0.3) is 0 Å². The van der Waals surface area contributed by atoms with E-state index in [0.29, 0.717) is 23.8 Å². The number of hydrogen-bond donors (Lipinski definition) is 2. The Balaban J connectivity index is 2.07. The highest BCUT2D eigenvalue weighted by molar-refractivity contribution is 5.79. The van der Waals surface area contributed by atoms with Gasteiger partial charge in [-0.2, -0.15) is 0 Å². The summed E-state index contributed by atoms with van der Waals surface area (Å²) < 4.78 is 16.2. The number of guanidine groups is 1. The first-order valence-corrected chi connectivity index (χ1v) is 9.93. The quantitative estimate of drug-likeness (QED) is 0.535. The lowest BCUT2D eigenvalue weighted by atomic mass is 9.80. The fourth-order valence-corrected chi connectivity index (χ4v) is 3.66. The second-order valence-electron chi connectivity index (χ2n) is 7.13. The van der Waals surface area contributed by atoms with Crippen molar-refractivity contribution < 1.29 is 14.2 Å². The maximum atomic E-state index is 5.43. The van der Waals surface area contributed by atoms with E-state index in [-0.39, 0.29) is 0 Å². The van der Waals surface area contributed by atoms with Crippen molar-refractivity contribution in [3.05, 3.63) is 17.7 Å². The van der Waals surface area contributed by atoms with E-state index in [1.165, 1.54) is 25.7 Å². The van der Waals surface area contributed by atoms with Crippen LogP contribution in [-0.4, -0.2) is 40.4 Å². The number of hydrogen-bond acceptors (Lipinski definition) is 4.